The van der Waals surface area contributed by atoms with Gasteiger partial charge in [0.05, 0.1) is 6.61 Å². The molecule has 0 spiro atoms. The van der Waals surface area contributed by atoms with Crippen LogP contribution in [0.1, 0.15) is 12.8 Å². The number of hydrogen-bond acceptors (Lipinski definition) is 4. The highest BCUT2D eigenvalue weighted by Crippen LogP contribution is 2.49. The molecule has 2 saturated heterocycles. The third-order valence-corrected chi connectivity index (χ3v) is 2.54. The van der Waals surface area contributed by atoms with Gasteiger partial charge in [0, 0.05) is 18.4 Å². The van der Waals surface area contributed by atoms with Gasteiger partial charge in [-0.3, -0.25) is 0 Å². The Labute approximate surface area is 93.1 Å². The lowest BCUT2D eigenvalue weighted by Gasteiger charge is -2.38. The highest BCUT2D eigenvalue weighted by molar-refractivity contribution is 5.80. The maximum atomic E-state index is 10.6. The molecule has 6 nitrogen and oxygen atoms in total. The van der Waals surface area contributed by atoms with Crippen LogP contribution in [0.5, 0.6) is 0 Å². The number of halogens is 3. The second-order valence-corrected chi connectivity index (χ2v) is 4.11. The smallest absolute Gasteiger partial charge is 0.479 e. The lowest BCUT2D eigenvalue weighted by molar-refractivity contribution is -0.192. The van der Waals surface area contributed by atoms with Crippen molar-refractivity contribution in [1.82, 2.24) is 0 Å². The van der Waals surface area contributed by atoms with Gasteiger partial charge in [0.2, 0.25) is 0 Å². The van der Waals surface area contributed by atoms with Crippen molar-refractivity contribution >= 4 is 11.9 Å². The van der Waals surface area contributed by atoms with E-state index in [1.165, 1.54) is 0 Å². The number of aliphatic carboxylic acids is 2. The molecule has 0 amide bonds. The average molecular weight is 257 g/mol. The minimum absolute atomic E-state index is 0.321. The minimum Gasteiger partial charge on any atom is -0.479 e. The molecule has 4 N–H and O–H groups in total. The number of ether oxygens (including phenoxy) is 1. The molecule has 9 heteroatoms. The van der Waals surface area contributed by atoms with Crippen LogP contribution in [0.15, 0.2) is 0 Å². The first-order valence-electron chi connectivity index (χ1n) is 4.47. The van der Waals surface area contributed by atoms with Gasteiger partial charge in [0.1, 0.15) is 0 Å². The second kappa shape index (κ2) is 3.84. The summed E-state index contributed by atoms with van der Waals surface area (Å²) in [6, 6.07) is 0. The molecule has 0 aromatic carbocycles. The van der Waals surface area contributed by atoms with Crippen LogP contribution in [0.4, 0.5) is 13.2 Å². The van der Waals surface area contributed by atoms with Crippen LogP contribution in [0.25, 0.3) is 0 Å². The molecule has 1 saturated carbocycles. The van der Waals surface area contributed by atoms with Crippen LogP contribution in [-0.4, -0.2) is 46.1 Å². The number of fused-ring (bicyclic) bond motifs is 1. The summed E-state index contributed by atoms with van der Waals surface area (Å²) >= 11 is 0. The maximum absolute atomic E-state index is 10.6. The van der Waals surface area contributed by atoms with Gasteiger partial charge in [-0.05, 0) is 0 Å². The van der Waals surface area contributed by atoms with E-state index in [4.69, 9.17) is 25.5 Å². The Morgan fingerprint density at radius 2 is 1.65 bits per heavy atom. The third-order valence-electron chi connectivity index (χ3n) is 2.54. The van der Waals surface area contributed by atoms with Crippen LogP contribution < -0.4 is 5.73 Å². The van der Waals surface area contributed by atoms with Crippen molar-refractivity contribution in [3.63, 3.8) is 0 Å². The molecular formula is C8H10F3NO5. The molecular weight excluding hydrogens is 247 g/mol. The molecule has 17 heavy (non-hydrogen) atoms. The average Bonchev–Trinajstić information content (AvgIpc) is 2.57. The topological polar surface area (TPSA) is 110 Å². The van der Waals surface area contributed by atoms with Crippen molar-refractivity contribution in [3.8, 4) is 0 Å². The van der Waals surface area contributed by atoms with Gasteiger partial charge in [0.15, 0.2) is 5.60 Å². The first kappa shape index (κ1) is 13.7. The molecule has 0 unspecified atom stereocenters. The van der Waals surface area contributed by atoms with Gasteiger partial charge in [-0.2, -0.15) is 13.2 Å². The lowest BCUT2D eigenvalue weighted by atomic mass is 9.69. The van der Waals surface area contributed by atoms with Crippen LogP contribution in [0.2, 0.25) is 0 Å². The summed E-state index contributed by atoms with van der Waals surface area (Å²) in [6.45, 7) is 0.402. The van der Waals surface area contributed by atoms with Crippen LogP contribution in [-0.2, 0) is 14.3 Å². The minimum atomic E-state index is -5.08. The Bertz CT molecular complexity index is 348. The predicted molar refractivity (Wildman–Crippen MR) is 46.2 cm³/mol. The van der Waals surface area contributed by atoms with Crippen molar-refractivity contribution in [2.75, 3.05) is 6.61 Å². The molecule has 3 aliphatic rings. The Morgan fingerprint density at radius 3 is 1.76 bits per heavy atom. The predicted octanol–water partition coefficient (Wildman–Crippen LogP) is -0.0354. The van der Waals surface area contributed by atoms with Crippen molar-refractivity contribution in [3.05, 3.63) is 0 Å². The highest BCUT2D eigenvalue weighted by atomic mass is 19.4. The van der Waals surface area contributed by atoms with Crippen molar-refractivity contribution < 1.29 is 37.7 Å². The first-order valence-corrected chi connectivity index (χ1v) is 4.47. The molecule has 2 bridgehead atoms. The van der Waals surface area contributed by atoms with Gasteiger partial charge in [-0.25, -0.2) is 9.59 Å². The van der Waals surface area contributed by atoms with Crippen LogP contribution >= 0.6 is 0 Å². The van der Waals surface area contributed by atoms with E-state index in [9.17, 15) is 18.0 Å². The number of carboxylic acids is 2. The number of alkyl halides is 3. The quantitative estimate of drug-likeness (QED) is 0.608. The molecule has 3 rings (SSSR count). The summed E-state index contributed by atoms with van der Waals surface area (Å²) in [5, 5.41) is 15.8. The molecule has 1 aliphatic carbocycles. The largest absolute Gasteiger partial charge is 0.490 e. The van der Waals surface area contributed by atoms with E-state index < -0.39 is 23.7 Å². The fourth-order valence-electron chi connectivity index (χ4n) is 1.78. The van der Waals surface area contributed by atoms with E-state index in [1.807, 2.05) is 0 Å². The summed E-state index contributed by atoms with van der Waals surface area (Å²) in [5.74, 6) is -3.63. The van der Waals surface area contributed by atoms with Gasteiger partial charge in [-0.1, -0.05) is 0 Å². The maximum Gasteiger partial charge on any atom is 0.490 e. The molecule has 3 fully saturated rings. The zero-order valence-corrected chi connectivity index (χ0v) is 8.45. The summed E-state index contributed by atoms with van der Waals surface area (Å²) in [4.78, 5) is 19.4. The van der Waals surface area contributed by atoms with Gasteiger partial charge in [-0.15, -0.1) is 0 Å². The summed E-state index contributed by atoms with van der Waals surface area (Å²) in [6.07, 6.45) is -4.12. The second-order valence-electron chi connectivity index (χ2n) is 4.11. The van der Waals surface area contributed by atoms with Crippen molar-refractivity contribution in [2.24, 2.45) is 5.73 Å². The lowest BCUT2D eigenvalue weighted by Crippen LogP contribution is -2.58. The van der Waals surface area contributed by atoms with Crippen molar-refractivity contribution in [2.45, 2.75) is 30.2 Å². The molecule has 0 aromatic heterocycles. The summed E-state index contributed by atoms with van der Waals surface area (Å²) in [5.41, 5.74) is 4.45. The SMILES string of the molecule is NC12COC(C(=O)O)(C1)C2.O=C(O)C(F)(F)F. The normalized spacial score (nSPS) is 34.4. The number of hydrogen-bond donors (Lipinski definition) is 3. The van der Waals surface area contributed by atoms with E-state index >= 15 is 0 Å². The van der Waals surface area contributed by atoms with Crippen LogP contribution in [0, 0.1) is 0 Å². The third kappa shape index (κ3) is 2.67. The Balaban J connectivity index is 0.000000185. The monoisotopic (exact) mass is 257 g/mol. The molecule has 98 valence electrons. The molecule has 0 radical (unpaired) electrons. The fourth-order valence-corrected chi connectivity index (χ4v) is 1.78. The molecule has 2 heterocycles. The fraction of sp³-hybridized carbons (Fsp3) is 0.750. The van der Waals surface area contributed by atoms with E-state index in [0.717, 1.165) is 0 Å². The van der Waals surface area contributed by atoms with Crippen LogP contribution in [0.3, 0.4) is 0 Å². The highest BCUT2D eigenvalue weighted by Gasteiger charge is 2.65. The van der Waals surface area contributed by atoms with E-state index in [-0.39, 0.29) is 5.54 Å². The molecule has 0 atom stereocenters. The number of carbonyl (C=O) groups is 2. The van der Waals surface area contributed by atoms with Crippen molar-refractivity contribution in [1.29, 1.82) is 0 Å². The Hall–Kier alpha value is -1.35. The van der Waals surface area contributed by atoms with E-state index in [0.29, 0.717) is 19.4 Å². The summed E-state index contributed by atoms with van der Waals surface area (Å²) < 4.78 is 36.8. The number of carboxylic acid groups (broad SMARTS) is 2. The molecule has 2 aliphatic heterocycles. The molecule has 0 aromatic rings. The number of rotatable bonds is 1. The zero-order valence-electron chi connectivity index (χ0n) is 8.45. The summed E-state index contributed by atoms with van der Waals surface area (Å²) in [7, 11) is 0. The first-order chi connectivity index (χ1) is 7.51. The van der Waals surface area contributed by atoms with Gasteiger partial charge in [0.25, 0.3) is 0 Å². The van der Waals surface area contributed by atoms with Gasteiger partial charge < -0.3 is 20.7 Å². The zero-order chi connectivity index (χ0) is 13.5. The Kier molecular flexibility index (Phi) is 3.10. The standard InChI is InChI=1S/C6H9NO3.C2HF3O2/c7-5-1-6(2-5,4(8)9)10-3-5;3-2(4,5)1(6)7/h1-3,7H2,(H,8,9);(H,6,7). The Morgan fingerprint density at radius 1 is 1.24 bits per heavy atom. The van der Waals surface area contributed by atoms with Gasteiger partial charge >= 0.3 is 18.1 Å². The van der Waals surface area contributed by atoms with E-state index in [1.54, 1.807) is 0 Å². The number of nitrogens with two attached hydrogens (primary N) is 1. The van der Waals surface area contributed by atoms with E-state index in [2.05, 4.69) is 0 Å².